The average Bonchev–Trinajstić information content (AvgIpc) is 2.67. The van der Waals surface area contributed by atoms with Crippen molar-refractivity contribution < 1.29 is 18.0 Å². The molecule has 0 fully saturated rings. The zero-order valence-electron chi connectivity index (χ0n) is 19.6. The number of benzene rings is 2. The Hall–Kier alpha value is -2.03. The fourth-order valence-corrected chi connectivity index (χ4v) is 3.70. The van der Waals surface area contributed by atoms with Crippen LogP contribution in [-0.2, 0) is 17.8 Å². The van der Waals surface area contributed by atoms with E-state index in [1.165, 1.54) is 18.2 Å². The highest BCUT2D eigenvalue weighted by Crippen LogP contribution is 2.33. The molecule has 2 rings (SSSR count). The Morgan fingerprint density at radius 2 is 1.56 bits per heavy atom. The highest BCUT2D eigenvalue weighted by Gasteiger charge is 2.20. The van der Waals surface area contributed by atoms with Crippen molar-refractivity contribution >= 4 is 17.9 Å². The van der Waals surface area contributed by atoms with Crippen LogP contribution in [0.4, 0.5) is 13.2 Å². The number of amides is 1. The van der Waals surface area contributed by atoms with Crippen LogP contribution in [0, 0.1) is 5.82 Å². The van der Waals surface area contributed by atoms with Gasteiger partial charge in [0, 0.05) is 12.1 Å². The Morgan fingerprint density at radius 3 is 1.91 bits per heavy atom. The van der Waals surface area contributed by atoms with Crippen LogP contribution in [0.2, 0.25) is 0 Å². The topological polar surface area (TPSA) is 72.4 Å². The molecule has 1 amide bonds. The summed E-state index contributed by atoms with van der Waals surface area (Å²) >= 11 is 0.934. The molecule has 0 atom stereocenters. The van der Waals surface area contributed by atoms with Gasteiger partial charge in [-0.2, -0.15) is 0 Å². The number of alkyl halides is 2. The number of hydrogen-bond acceptors (Lipinski definition) is 4. The van der Waals surface area contributed by atoms with Crippen molar-refractivity contribution in [2.24, 2.45) is 10.9 Å². The van der Waals surface area contributed by atoms with Crippen molar-refractivity contribution in [3.63, 3.8) is 0 Å². The second-order valence-electron chi connectivity index (χ2n) is 8.55. The maximum Gasteiger partial charge on any atom is 0.263 e. The Labute approximate surface area is 193 Å². The van der Waals surface area contributed by atoms with Crippen LogP contribution in [0.1, 0.15) is 73.8 Å². The summed E-state index contributed by atoms with van der Waals surface area (Å²) in [6.45, 7) is 8.46. The number of carbonyl (C=O) groups is 1. The quantitative estimate of drug-likeness (QED) is 0.483. The fraction of sp³-hybridized carbons (Fsp3) is 0.458. The van der Waals surface area contributed by atoms with Crippen molar-refractivity contribution in [3.05, 3.63) is 64.0 Å². The van der Waals surface area contributed by atoms with Crippen molar-refractivity contribution in [1.29, 1.82) is 0 Å². The van der Waals surface area contributed by atoms with Crippen LogP contribution in [-0.4, -0.2) is 24.9 Å². The molecule has 0 aliphatic heterocycles. The van der Waals surface area contributed by atoms with Gasteiger partial charge >= 0.3 is 0 Å². The SMILES string of the molecule is CC(C)c1cc(C(F)F)cc(C(C)C)c1CC(N)=O.CN(C)Cc1ccc(SN)c(F)c1. The molecular formula is C24H34F3N3OS. The van der Waals surface area contributed by atoms with Crippen LogP contribution >= 0.6 is 11.9 Å². The van der Waals surface area contributed by atoms with Gasteiger partial charge in [-0.3, -0.25) is 9.93 Å². The molecule has 0 aromatic heterocycles. The molecule has 4 nitrogen and oxygen atoms in total. The molecule has 4 N–H and O–H groups in total. The molecule has 0 saturated heterocycles. The van der Waals surface area contributed by atoms with E-state index in [4.69, 9.17) is 10.9 Å². The third-order valence-electron chi connectivity index (χ3n) is 4.81. The summed E-state index contributed by atoms with van der Waals surface area (Å²) in [5.41, 5.74) is 8.64. The lowest BCUT2D eigenvalue weighted by molar-refractivity contribution is -0.117. The van der Waals surface area contributed by atoms with Crippen molar-refractivity contribution in [3.8, 4) is 0 Å². The van der Waals surface area contributed by atoms with Gasteiger partial charge in [-0.1, -0.05) is 33.8 Å². The molecule has 0 bridgehead atoms. The normalized spacial score (nSPS) is 11.3. The molecule has 0 aliphatic rings. The minimum Gasteiger partial charge on any atom is -0.369 e. The lowest BCUT2D eigenvalue weighted by Crippen LogP contribution is -2.17. The van der Waals surface area contributed by atoms with Crippen LogP contribution in [0.25, 0.3) is 0 Å². The molecule has 0 heterocycles. The van der Waals surface area contributed by atoms with Gasteiger partial charge in [0.15, 0.2) is 0 Å². The van der Waals surface area contributed by atoms with Crippen LogP contribution < -0.4 is 10.9 Å². The lowest BCUT2D eigenvalue weighted by Gasteiger charge is -2.20. The first-order chi connectivity index (χ1) is 14.9. The van der Waals surface area contributed by atoms with Gasteiger partial charge in [-0.05, 0) is 84.4 Å². The standard InChI is InChI=1S/C15H21F2NO.C9H13FN2S/c1-8(2)11-5-10(15(16)17)6-12(9(3)4)13(11)7-14(18)19;1-12(2)6-7-3-4-9(13-11)8(10)5-7/h5-6,8-9,15H,7H2,1-4H3,(H2,18,19);3-5H,6,11H2,1-2H3. The number of primary amides is 1. The van der Waals surface area contributed by atoms with E-state index in [0.29, 0.717) is 4.90 Å². The smallest absolute Gasteiger partial charge is 0.263 e. The van der Waals surface area contributed by atoms with Gasteiger partial charge in [-0.15, -0.1) is 0 Å². The van der Waals surface area contributed by atoms with E-state index in [1.54, 1.807) is 6.07 Å². The van der Waals surface area contributed by atoms with Gasteiger partial charge in [0.2, 0.25) is 5.91 Å². The molecular weight excluding hydrogens is 435 g/mol. The molecule has 0 radical (unpaired) electrons. The van der Waals surface area contributed by atoms with Gasteiger partial charge in [0.25, 0.3) is 6.43 Å². The molecule has 32 heavy (non-hydrogen) atoms. The minimum atomic E-state index is -2.50. The zero-order valence-corrected chi connectivity index (χ0v) is 20.4. The van der Waals surface area contributed by atoms with Crippen LogP contribution in [0.5, 0.6) is 0 Å². The van der Waals surface area contributed by atoms with Crippen molar-refractivity contribution in [2.45, 2.75) is 63.8 Å². The Balaban J connectivity index is 0.000000343. The molecule has 0 saturated carbocycles. The maximum atomic E-state index is 13.2. The summed E-state index contributed by atoms with van der Waals surface area (Å²) in [4.78, 5) is 13.7. The summed E-state index contributed by atoms with van der Waals surface area (Å²) in [6.07, 6.45) is -2.40. The highest BCUT2D eigenvalue weighted by molar-refractivity contribution is 7.97. The number of nitrogens with two attached hydrogens (primary N) is 2. The minimum absolute atomic E-state index is 0.0145. The summed E-state index contributed by atoms with van der Waals surface area (Å²) in [6, 6.07) is 8.12. The summed E-state index contributed by atoms with van der Waals surface area (Å²) in [5.74, 6) is -0.531. The Bertz CT molecular complexity index is 873. The predicted octanol–water partition coefficient (Wildman–Crippen LogP) is 5.75. The number of rotatable bonds is 8. The second-order valence-corrected chi connectivity index (χ2v) is 9.23. The number of halogens is 3. The molecule has 8 heteroatoms. The largest absolute Gasteiger partial charge is 0.369 e. The first kappa shape index (κ1) is 28.0. The third kappa shape index (κ3) is 8.48. The Kier molecular flexibility index (Phi) is 11.3. The summed E-state index contributed by atoms with van der Waals surface area (Å²) < 4.78 is 39.1. The van der Waals surface area contributed by atoms with Gasteiger partial charge in [0.05, 0.1) is 11.3 Å². The van der Waals surface area contributed by atoms with E-state index in [0.717, 1.165) is 40.7 Å². The van der Waals surface area contributed by atoms with Gasteiger partial charge in [0.1, 0.15) is 5.82 Å². The molecule has 2 aromatic rings. The maximum absolute atomic E-state index is 13.2. The molecule has 0 spiro atoms. The van der Waals surface area contributed by atoms with E-state index < -0.39 is 12.3 Å². The first-order valence-electron chi connectivity index (χ1n) is 10.4. The van der Waals surface area contributed by atoms with Crippen molar-refractivity contribution in [1.82, 2.24) is 4.90 Å². The average molecular weight is 470 g/mol. The first-order valence-corrected chi connectivity index (χ1v) is 11.3. The molecule has 0 unspecified atom stereocenters. The van der Waals surface area contributed by atoms with E-state index in [9.17, 15) is 18.0 Å². The summed E-state index contributed by atoms with van der Waals surface area (Å²) in [7, 11) is 3.90. The molecule has 2 aromatic carbocycles. The van der Waals surface area contributed by atoms with Crippen molar-refractivity contribution in [2.75, 3.05) is 14.1 Å². The van der Waals surface area contributed by atoms with Gasteiger partial charge < -0.3 is 10.6 Å². The Morgan fingerprint density at radius 1 is 1.03 bits per heavy atom. The number of carbonyl (C=O) groups excluding carboxylic acids is 1. The number of hydrogen-bond donors (Lipinski definition) is 2. The predicted molar refractivity (Wildman–Crippen MR) is 126 cm³/mol. The number of nitrogens with zero attached hydrogens (tertiary/aromatic N) is 1. The highest BCUT2D eigenvalue weighted by atomic mass is 32.2. The van der Waals surface area contributed by atoms with Crippen LogP contribution in [0.15, 0.2) is 35.2 Å². The van der Waals surface area contributed by atoms with E-state index >= 15 is 0 Å². The van der Waals surface area contributed by atoms with Gasteiger partial charge in [-0.25, -0.2) is 13.2 Å². The molecule has 0 aliphatic carbocycles. The third-order valence-corrected chi connectivity index (χ3v) is 5.40. The van der Waals surface area contributed by atoms with E-state index in [-0.39, 0.29) is 29.6 Å². The van der Waals surface area contributed by atoms with Crippen LogP contribution in [0.3, 0.4) is 0 Å². The zero-order chi connectivity index (χ0) is 24.6. The second kappa shape index (κ2) is 12.9. The lowest BCUT2D eigenvalue weighted by atomic mass is 9.85. The van der Waals surface area contributed by atoms with E-state index in [2.05, 4.69) is 0 Å². The summed E-state index contributed by atoms with van der Waals surface area (Å²) in [5, 5.41) is 5.27. The molecule has 178 valence electrons. The monoisotopic (exact) mass is 469 g/mol. The fourth-order valence-electron chi connectivity index (χ4n) is 3.38. The van der Waals surface area contributed by atoms with E-state index in [1.807, 2.05) is 52.8 Å².